The zero-order valence-corrected chi connectivity index (χ0v) is 10.6. The lowest BCUT2D eigenvalue weighted by molar-refractivity contribution is 0.731. The van der Waals surface area contributed by atoms with Crippen molar-refractivity contribution in [3.63, 3.8) is 0 Å². The average Bonchev–Trinajstić information content (AvgIpc) is 2.88. The fourth-order valence-corrected chi connectivity index (χ4v) is 2.59. The number of aryl methyl sites for hydroxylation is 1. The van der Waals surface area contributed by atoms with Crippen molar-refractivity contribution in [3.8, 4) is 0 Å². The molecule has 4 nitrogen and oxygen atoms in total. The Balaban J connectivity index is 1.69. The molecule has 1 unspecified atom stereocenters. The molecule has 1 aliphatic heterocycles. The molecule has 0 aliphatic carbocycles. The number of nitrogens with zero attached hydrogens (tertiary/aromatic N) is 3. The monoisotopic (exact) mass is 238 g/mol. The Morgan fingerprint density at radius 3 is 3.12 bits per heavy atom. The van der Waals surface area contributed by atoms with Gasteiger partial charge in [0.15, 0.2) is 5.17 Å². The summed E-state index contributed by atoms with van der Waals surface area (Å²) in [5.74, 6) is 0. The third kappa shape index (κ3) is 3.01. The summed E-state index contributed by atoms with van der Waals surface area (Å²) in [4.78, 5) is 4.47. The molecule has 1 aromatic rings. The fourth-order valence-electron chi connectivity index (χ4n) is 1.62. The Bertz CT molecular complexity index is 372. The van der Waals surface area contributed by atoms with Crippen LogP contribution in [0.3, 0.4) is 0 Å². The van der Waals surface area contributed by atoms with Crippen LogP contribution in [0, 0.1) is 0 Å². The number of hydrogen-bond donors (Lipinski definition) is 1. The van der Waals surface area contributed by atoms with Crippen LogP contribution in [0.2, 0.25) is 0 Å². The minimum Gasteiger partial charge on any atom is -0.365 e. The van der Waals surface area contributed by atoms with E-state index >= 15 is 0 Å². The van der Waals surface area contributed by atoms with Crippen LogP contribution in [0.15, 0.2) is 17.3 Å². The van der Waals surface area contributed by atoms with Crippen LogP contribution in [0.4, 0.5) is 0 Å². The van der Waals surface area contributed by atoms with Crippen molar-refractivity contribution in [1.29, 1.82) is 0 Å². The van der Waals surface area contributed by atoms with E-state index in [-0.39, 0.29) is 0 Å². The number of aromatic nitrogens is 2. The number of aliphatic imine (C=N–C) groups is 1. The summed E-state index contributed by atoms with van der Waals surface area (Å²) < 4.78 is 1.84. The van der Waals surface area contributed by atoms with E-state index in [1.165, 1.54) is 6.42 Å². The second-order valence-electron chi connectivity index (χ2n) is 3.95. The summed E-state index contributed by atoms with van der Waals surface area (Å²) >= 11 is 1.86. The number of thioether (sulfide) groups is 1. The number of nitrogens with one attached hydrogen (secondary N) is 1. The summed E-state index contributed by atoms with van der Waals surface area (Å²) in [6.07, 6.45) is 4.13. The standard InChI is InChI=1S/C11H18N4S/c1-3-10-8-13-11(16-10)12-6-4-9-5-7-15(2)14-9/h5,7,10H,3-4,6,8H2,1-2H3,(H,12,13). The predicted octanol–water partition coefficient (Wildman–Crippen LogP) is 1.43. The van der Waals surface area contributed by atoms with Gasteiger partial charge < -0.3 is 5.32 Å². The van der Waals surface area contributed by atoms with Crippen molar-refractivity contribution < 1.29 is 0 Å². The van der Waals surface area contributed by atoms with E-state index in [0.29, 0.717) is 5.25 Å². The third-order valence-corrected chi connectivity index (χ3v) is 3.91. The highest BCUT2D eigenvalue weighted by molar-refractivity contribution is 8.14. The maximum absolute atomic E-state index is 4.47. The molecule has 5 heteroatoms. The minimum atomic E-state index is 0.678. The zero-order valence-electron chi connectivity index (χ0n) is 9.81. The van der Waals surface area contributed by atoms with Crippen LogP contribution in [-0.2, 0) is 13.5 Å². The van der Waals surface area contributed by atoms with Gasteiger partial charge in [-0.2, -0.15) is 5.10 Å². The molecule has 2 rings (SSSR count). The van der Waals surface area contributed by atoms with Crippen LogP contribution in [0.5, 0.6) is 0 Å². The first-order valence-corrected chi connectivity index (χ1v) is 6.59. The fraction of sp³-hybridized carbons (Fsp3) is 0.636. The van der Waals surface area contributed by atoms with Gasteiger partial charge in [0.1, 0.15) is 0 Å². The van der Waals surface area contributed by atoms with E-state index < -0.39 is 0 Å². The van der Waals surface area contributed by atoms with Crippen LogP contribution in [-0.4, -0.2) is 33.3 Å². The second kappa shape index (κ2) is 5.39. The van der Waals surface area contributed by atoms with Crippen molar-refractivity contribution in [3.05, 3.63) is 18.0 Å². The van der Waals surface area contributed by atoms with Gasteiger partial charge in [0.25, 0.3) is 0 Å². The van der Waals surface area contributed by atoms with Crippen LogP contribution in [0.25, 0.3) is 0 Å². The Hall–Kier alpha value is -0.970. The molecule has 0 amide bonds. The van der Waals surface area contributed by atoms with Crippen molar-refractivity contribution in [2.75, 3.05) is 13.1 Å². The summed E-state index contributed by atoms with van der Waals surface area (Å²) in [6.45, 7) is 4.09. The molecule has 2 heterocycles. The lowest BCUT2D eigenvalue weighted by Crippen LogP contribution is -2.22. The molecule has 16 heavy (non-hydrogen) atoms. The van der Waals surface area contributed by atoms with Crippen LogP contribution >= 0.6 is 11.8 Å². The summed E-state index contributed by atoms with van der Waals surface area (Å²) in [6, 6.07) is 2.06. The van der Waals surface area contributed by atoms with Crippen molar-refractivity contribution in [1.82, 2.24) is 15.1 Å². The molecule has 1 atom stereocenters. The van der Waals surface area contributed by atoms with Crippen molar-refractivity contribution in [2.45, 2.75) is 25.0 Å². The molecular formula is C11H18N4S. The Morgan fingerprint density at radius 1 is 1.62 bits per heavy atom. The summed E-state index contributed by atoms with van der Waals surface area (Å²) in [5, 5.41) is 9.48. The zero-order chi connectivity index (χ0) is 11.4. The maximum atomic E-state index is 4.47. The van der Waals surface area contributed by atoms with Gasteiger partial charge in [-0.1, -0.05) is 18.7 Å². The molecule has 0 saturated heterocycles. The number of hydrogen-bond acceptors (Lipinski definition) is 4. The van der Waals surface area contributed by atoms with Gasteiger partial charge >= 0.3 is 0 Å². The quantitative estimate of drug-likeness (QED) is 0.863. The molecule has 0 spiro atoms. The Labute approximate surface area is 101 Å². The van der Waals surface area contributed by atoms with Gasteiger partial charge in [-0.3, -0.25) is 9.67 Å². The molecule has 0 bridgehead atoms. The van der Waals surface area contributed by atoms with E-state index in [9.17, 15) is 0 Å². The largest absolute Gasteiger partial charge is 0.365 e. The Morgan fingerprint density at radius 2 is 2.50 bits per heavy atom. The Kier molecular flexibility index (Phi) is 3.88. The predicted molar refractivity (Wildman–Crippen MR) is 68.9 cm³/mol. The van der Waals surface area contributed by atoms with E-state index in [2.05, 4.69) is 28.4 Å². The first-order valence-electron chi connectivity index (χ1n) is 5.71. The molecule has 0 fully saturated rings. The highest BCUT2D eigenvalue weighted by Gasteiger charge is 2.16. The van der Waals surface area contributed by atoms with E-state index in [0.717, 1.165) is 30.4 Å². The summed E-state index contributed by atoms with van der Waals surface area (Å²) in [7, 11) is 1.94. The number of rotatable bonds is 4. The molecule has 88 valence electrons. The van der Waals surface area contributed by atoms with Gasteiger partial charge in [0.05, 0.1) is 12.2 Å². The first-order chi connectivity index (χ1) is 7.78. The third-order valence-electron chi connectivity index (χ3n) is 2.60. The number of amidine groups is 1. The van der Waals surface area contributed by atoms with Gasteiger partial charge in [0, 0.05) is 31.5 Å². The van der Waals surface area contributed by atoms with E-state index in [1.807, 2.05) is 29.7 Å². The van der Waals surface area contributed by atoms with Gasteiger partial charge in [-0.05, 0) is 12.5 Å². The lowest BCUT2D eigenvalue weighted by Gasteiger charge is -2.05. The highest BCUT2D eigenvalue weighted by atomic mass is 32.2. The molecule has 1 N–H and O–H groups in total. The normalized spacial score (nSPS) is 19.9. The van der Waals surface area contributed by atoms with Gasteiger partial charge in [-0.15, -0.1) is 0 Å². The molecule has 0 saturated carbocycles. The van der Waals surface area contributed by atoms with Gasteiger partial charge in [0.2, 0.25) is 0 Å². The second-order valence-corrected chi connectivity index (χ2v) is 5.24. The molecule has 1 aliphatic rings. The van der Waals surface area contributed by atoms with Crippen LogP contribution < -0.4 is 5.32 Å². The van der Waals surface area contributed by atoms with Crippen LogP contribution in [0.1, 0.15) is 19.0 Å². The van der Waals surface area contributed by atoms with Gasteiger partial charge in [-0.25, -0.2) is 0 Å². The molecule has 0 radical (unpaired) electrons. The highest BCUT2D eigenvalue weighted by Crippen LogP contribution is 2.21. The minimum absolute atomic E-state index is 0.678. The smallest absolute Gasteiger partial charge is 0.156 e. The van der Waals surface area contributed by atoms with E-state index in [4.69, 9.17) is 0 Å². The molecule has 1 aromatic heterocycles. The first kappa shape index (κ1) is 11.5. The SMILES string of the molecule is CCC1CN=C(NCCc2ccn(C)n2)S1. The molecular weight excluding hydrogens is 220 g/mol. The van der Waals surface area contributed by atoms with Crippen molar-refractivity contribution >= 4 is 16.9 Å². The maximum Gasteiger partial charge on any atom is 0.156 e. The average molecular weight is 238 g/mol. The molecule has 0 aromatic carbocycles. The van der Waals surface area contributed by atoms with Crippen molar-refractivity contribution in [2.24, 2.45) is 12.0 Å². The summed E-state index contributed by atoms with van der Waals surface area (Å²) in [5.41, 5.74) is 1.13. The lowest BCUT2D eigenvalue weighted by atomic mass is 10.3. The van der Waals surface area contributed by atoms with E-state index in [1.54, 1.807) is 0 Å². The topological polar surface area (TPSA) is 42.2 Å².